The molecule has 3 rings (SSSR count). The van der Waals surface area contributed by atoms with E-state index in [1.54, 1.807) is 22.8 Å². The lowest BCUT2D eigenvalue weighted by Crippen LogP contribution is -2.48. The average molecular weight is 570 g/mol. The number of benzene rings is 1. The van der Waals surface area contributed by atoms with E-state index in [2.05, 4.69) is 5.32 Å². The van der Waals surface area contributed by atoms with Crippen molar-refractivity contribution in [1.29, 1.82) is 0 Å². The highest BCUT2D eigenvalue weighted by atomic mass is 16.6. The fourth-order valence-electron chi connectivity index (χ4n) is 5.27. The molecule has 2 aliphatic heterocycles. The molecule has 0 aliphatic carbocycles. The van der Waals surface area contributed by atoms with Crippen molar-refractivity contribution in [3.63, 3.8) is 0 Å². The number of carbonyl (C=O) groups excluding carboxylic acids is 4. The number of hydrogen-bond acceptors (Lipinski definition) is 6. The predicted molar refractivity (Wildman–Crippen MR) is 157 cm³/mol. The summed E-state index contributed by atoms with van der Waals surface area (Å²) < 4.78 is 10.6. The van der Waals surface area contributed by atoms with Crippen molar-refractivity contribution in [3.05, 3.63) is 48.0 Å². The summed E-state index contributed by atoms with van der Waals surface area (Å²) in [6.07, 6.45) is 7.76. The molecule has 0 saturated carbocycles. The quantitative estimate of drug-likeness (QED) is 0.329. The van der Waals surface area contributed by atoms with E-state index in [0.29, 0.717) is 45.6 Å². The van der Waals surface area contributed by atoms with Gasteiger partial charge in [0.15, 0.2) is 0 Å². The summed E-state index contributed by atoms with van der Waals surface area (Å²) in [6, 6.07) is 9.64. The van der Waals surface area contributed by atoms with Gasteiger partial charge in [-0.1, -0.05) is 36.4 Å². The molecule has 2 saturated heterocycles. The second-order valence-corrected chi connectivity index (χ2v) is 12.0. The van der Waals surface area contributed by atoms with E-state index < -0.39 is 5.60 Å². The first kappa shape index (κ1) is 32.2. The van der Waals surface area contributed by atoms with Crippen LogP contribution in [-0.2, 0) is 30.3 Å². The summed E-state index contributed by atoms with van der Waals surface area (Å²) in [6.45, 7) is 9.81. The molecule has 0 bridgehead atoms. The Morgan fingerprint density at radius 1 is 1.02 bits per heavy atom. The van der Waals surface area contributed by atoms with Crippen molar-refractivity contribution in [2.45, 2.75) is 84.3 Å². The molecule has 1 aromatic rings. The van der Waals surface area contributed by atoms with Crippen molar-refractivity contribution >= 4 is 23.9 Å². The van der Waals surface area contributed by atoms with Gasteiger partial charge in [0.1, 0.15) is 5.60 Å². The topological polar surface area (TPSA) is 105 Å². The van der Waals surface area contributed by atoms with Crippen molar-refractivity contribution in [2.75, 3.05) is 32.8 Å². The Kier molecular flexibility index (Phi) is 12.2. The second-order valence-electron chi connectivity index (χ2n) is 12.0. The summed E-state index contributed by atoms with van der Waals surface area (Å²) >= 11 is 0. The molecule has 0 aromatic heterocycles. The van der Waals surface area contributed by atoms with Crippen molar-refractivity contribution in [3.8, 4) is 0 Å². The Hall–Kier alpha value is -3.36. The maximum absolute atomic E-state index is 13.2. The van der Waals surface area contributed by atoms with E-state index in [1.807, 2.05) is 57.2 Å². The van der Waals surface area contributed by atoms with E-state index in [1.165, 1.54) is 0 Å². The van der Waals surface area contributed by atoms with Crippen LogP contribution in [0, 0.1) is 11.8 Å². The zero-order chi connectivity index (χ0) is 29.8. The first-order valence-electron chi connectivity index (χ1n) is 15.0. The minimum atomic E-state index is -0.520. The van der Waals surface area contributed by atoms with Crippen LogP contribution in [0.1, 0.15) is 71.8 Å². The molecule has 3 amide bonds. The number of aryl methyl sites for hydroxylation is 1. The fraction of sp³-hybridized carbons (Fsp3) is 0.625. The van der Waals surface area contributed by atoms with Gasteiger partial charge in [-0.15, -0.1) is 0 Å². The number of allylic oxidation sites excluding steroid dienone is 1. The Bertz CT molecular complexity index is 1040. The first-order valence-corrected chi connectivity index (χ1v) is 15.0. The Morgan fingerprint density at radius 3 is 2.39 bits per heavy atom. The van der Waals surface area contributed by atoms with Crippen LogP contribution >= 0.6 is 0 Å². The third-order valence-corrected chi connectivity index (χ3v) is 7.50. The summed E-state index contributed by atoms with van der Waals surface area (Å²) in [7, 11) is 0. The van der Waals surface area contributed by atoms with Gasteiger partial charge in [-0.3, -0.25) is 14.4 Å². The molecule has 2 aliphatic rings. The number of nitrogens with zero attached hydrogens (tertiary/aromatic N) is 2. The monoisotopic (exact) mass is 569 g/mol. The molecule has 2 fully saturated rings. The normalized spacial score (nSPS) is 19.1. The van der Waals surface area contributed by atoms with E-state index in [4.69, 9.17) is 9.47 Å². The van der Waals surface area contributed by atoms with Crippen molar-refractivity contribution < 1.29 is 28.7 Å². The number of piperidine rings is 2. The molecule has 1 N–H and O–H groups in total. The Balaban J connectivity index is 1.49. The molecule has 2 heterocycles. The van der Waals surface area contributed by atoms with Crippen LogP contribution in [0.5, 0.6) is 0 Å². The number of rotatable bonds is 10. The fourth-order valence-corrected chi connectivity index (χ4v) is 5.27. The van der Waals surface area contributed by atoms with Gasteiger partial charge in [-0.25, -0.2) is 4.79 Å². The number of carbonyl (C=O) groups is 4. The predicted octanol–water partition coefficient (Wildman–Crippen LogP) is 4.50. The number of likely N-dealkylation sites (tertiary alicyclic amines) is 2. The van der Waals surface area contributed by atoms with Crippen LogP contribution < -0.4 is 5.32 Å². The van der Waals surface area contributed by atoms with Crippen LogP contribution in [0.15, 0.2) is 42.5 Å². The van der Waals surface area contributed by atoms with Gasteiger partial charge in [0.05, 0.1) is 18.9 Å². The van der Waals surface area contributed by atoms with Crippen molar-refractivity contribution in [2.24, 2.45) is 11.8 Å². The third-order valence-electron chi connectivity index (χ3n) is 7.50. The molecule has 0 spiro atoms. The summed E-state index contributed by atoms with van der Waals surface area (Å²) in [5.41, 5.74) is 0.625. The highest BCUT2D eigenvalue weighted by Gasteiger charge is 2.30. The van der Waals surface area contributed by atoms with Crippen molar-refractivity contribution in [1.82, 2.24) is 15.1 Å². The third kappa shape index (κ3) is 11.2. The minimum Gasteiger partial charge on any atom is -0.466 e. The average Bonchev–Trinajstić information content (AvgIpc) is 2.94. The SMILES string of the molecule is CCOC(=O)C[C@@H](CCc1ccccc1)NC(=O)[C@@H]1CCCN(C(=O)/C=C/C2CCN(C(=O)OC(C)(C)C)CC2)C1. The summed E-state index contributed by atoms with van der Waals surface area (Å²) in [4.78, 5) is 54.2. The van der Waals surface area contributed by atoms with Gasteiger partial charge >= 0.3 is 12.1 Å². The molecule has 41 heavy (non-hydrogen) atoms. The van der Waals surface area contributed by atoms with E-state index >= 15 is 0 Å². The van der Waals surface area contributed by atoms with Crippen LogP contribution in [0.4, 0.5) is 4.79 Å². The lowest BCUT2D eigenvalue weighted by Gasteiger charge is -2.33. The summed E-state index contributed by atoms with van der Waals surface area (Å²) in [5, 5.41) is 3.08. The van der Waals surface area contributed by atoms with Gasteiger partial charge in [0.2, 0.25) is 11.8 Å². The number of hydrogen-bond donors (Lipinski definition) is 1. The first-order chi connectivity index (χ1) is 19.5. The molecule has 0 radical (unpaired) electrons. The Morgan fingerprint density at radius 2 is 1.73 bits per heavy atom. The Labute approximate surface area is 244 Å². The lowest BCUT2D eigenvalue weighted by molar-refractivity contribution is -0.144. The second kappa shape index (κ2) is 15.6. The van der Waals surface area contributed by atoms with Gasteiger partial charge in [0.25, 0.3) is 0 Å². The largest absolute Gasteiger partial charge is 0.466 e. The lowest BCUT2D eigenvalue weighted by atomic mass is 9.95. The zero-order valence-corrected chi connectivity index (χ0v) is 25.1. The van der Waals surface area contributed by atoms with E-state index in [-0.39, 0.29) is 48.2 Å². The van der Waals surface area contributed by atoms with Crippen LogP contribution in [-0.4, -0.2) is 78.1 Å². The minimum absolute atomic E-state index is 0.0933. The van der Waals surface area contributed by atoms with E-state index in [9.17, 15) is 19.2 Å². The number of ether oxygens (including phenoxy) is 2. The van der Waals surface area contributed by atoms with Gasteiger partial charge in [-0.2, -0.15) is 0 Å². The highest BCUT2D eigenvalue weighted by Crippen LogP contribution is 2.22. The molecule has 9 nitrogen and oxygen atoms in total. The van der Waals surface area contributed by atoms with Gasteiger partial charge in [-0.05, 0) is 83.8 Å². The molecular weight excluding hydrogens is 522 g/mol. The van der Waals surface area contributed by atoms with Gasteiger partial charge < -0.3 is 24.6 Å². The molecular formula is C32H47N3O6. The molecule has 9 heteroatoms. The van der Waals surface area contributed by atoms with Crippen LogP contribution in [0.3, 0.4) is 0 Å². The standard InChI is InChI=1S/C32H47N3O6/c1-5-40-29(37)22-27(15-13-24-10-7-6-8-11-24)33-30(38)26-12-9-19-35(23-26)28(36)16-14-25-17-20-34(21-18-25)31(39)41-32(2,3)4/h6-8,10-11,14,16,25-27H,5,9,12-13,15,17-23H2,1-4H3,(H,33,38)/b16-14+/t26-,27-/m1/s1. The molecule has 0 unspecified atom stereocenters. The van der Waals surface area contributed by atoms with E-state index in [0.717, 1.165) is 31.2 Å². The number of nitrogens with one attached hydrogen (secondary N) is 1. The molecule has 226 valence electrons. The summed E-state index contributed by atoms with van der Waals surface area (Å²) in [5.74, 6) is -0.643. The zero-order valence-electron chi connectivity index (χ0n) is 25.1. The molecule has 2 atom stereocenters. The maximum Gasteiger partial charge on any atom is 0.410 e. The van der Waals surface area contributed by atoms with Gasteiger partial charge in [0, 0.05) is 32.2 Å². The highest BCUT2D eigenvalue weighted by molar-refractivity contribution is 5.88. The molecule has 1 aromatic carbocycles. The number of esters is 1. The number of amides is 3. The van der Waals surface area contributed by atoms with Crippen LogP contribution in [0.25, 0.3) is 0 Å². The van der Waals surface area contributed by atoms with Crippen LogP contribution in [0.2, 0.25) is 0 Å². The smallest absolute Gasteiger partial charge is 0.410 e. The maximum atomic E-state index is 13.2.